The summed E-state index contributed by atoms with van der Waals surface area (Å²) in [6, 6.07) is -0.621. The fourth-order valence-electron chi connectivity index (χ4n) is 0.614. The van der Waals surface area contributed by atoms with Crippen LogP contribution >= 0.6 is 11.8 Å². The first-order chi connectivity index (χ1) is 6.07. The van der Waals surface area contributed by atoms with Crippen LogP contribution in [-0.4, -0.2) is 41.1 Å². The Bertz CT molecular complexity index is 187. The Morgan fingerprint density at radius 3 is 2.69 bits per heavy atom. The summed E-state index contributed by atoms with van der Waals surface area (Å²) < 4.78 is 0. The number of hydrogen-bond acceptors (Lipinski definition) is 4. The van der Waals surface area contributed by atoms with E-state index in [0.29, 0.717) is 5.75 Å². The van der Waals surface area contributed by atoms with Crippen molar-refractivity contribution < 1.29 is 14.7 Å². The normalized spacial score (nSPS) is 12.2. The van der Waals surface area contributed by atoms with Crippen LogP contribution in [0.3, 0.4) is 0 Å². The maximum absolute atomic E-state index is 11.0. The summed E-state index contributed by atoms with van der Waals surface area (Å²) in [4.78, 5) is 21.1. The smallest absolute Gasteiger partial charge is 0.322 e. The zero-order valence-electron chi connectivity index (χ0n) is 7.45. The molecule has 0 saturated carbocycles. The van der Waals surface area contributed by atoms with Crippen LogP contribution in [0.2, 0.25) is 0 Å². The third kappa shape index (κ3) is 6.41. The Morgan fingerprint density at radius 1 is 1.62 bits per heavy atom. The second-order valence-electron chi connectivity index (χ2n) is 2.38. The fraction of sp³-hybridized carbons (Fsp3) is 0.714. The van der Waals surface area contributed by atoms with Crippen LogP contribution in [0, 0.1) is 0 Å². The molecule has 4 N–H and O–H groups in total. The van der Waals surface area contributed by atoms with Gasteiger partial charge in [0.1, 0.15) is 6.54 Å². The Morgan fingerprint density at radius 2 is 2.23 bits per heavy atom. The van der Waals surface area contributed by atoms with Gasteiger partial charge in [0.2, 0.25) is 5.91 Å². The second kappa shape index (κ2) is 6.73. The molecule has 1 atom stereocenters. The average Bonchev–Trinajstić information content (AvgIpc) is 2.10. The first kappa shape index (κ1) is 12.2. The van der Waals surface area contributed by atoms with Crippen molar-refractivity contribution in [3.05, 3.63) is 0 Å². The summed E-state index contributed by atoms with van der Waals surface area (Å²) in [7, 11) is 0. The predicted molar refractivity (Wildman–Crippen MR) is 51.6 cm³/mol. The zero-order valence-corrected chi connectivity index (χ0v) is 8.26. The third-order valence-electron chi connectivity index (χ3n) is 1.25. The molecule has 5 nitrogen and oxygen atoms in total. The molecule has 0 aromatic heterocycles. The lowest BCUT2D eigenvalue weighted by Gasteiger charge is -2.09. The SMILES string of the molecule is CCSC[C@H](N)C(=O)NCC(=O)O. The van der Waals surface area contributed by atoms with Crippen LogP contribution in [-0.2, 0) is 9.59 Å². The van der Waals surface area contributed by atoms with Crippen LogP contribution in [0.1, 0.15) is 6.92 Å². The molecule has 6 heteroatoms. The van der Waals surface area contributed by atoms with E-state index >= 15 is 0 Å². The molecule has 0 unspecified atom stereocenters. The van der Waals surface area contributed by atoms with E-state index in [-0.39, 0.29) is 6.54 Å². The molecular formula is C7H14N2O3S. The van der Waals surface area contributed by atoms with E-state index in [1.54, 1.807) is 11.8 Å². The summed E-state index contributed by atoms with van der Waals surface area (Å²) in [5.41, 5.74) is 5.46. The molecular weight excluding hydrogens is 192 g/mol. The average molecular weight is 206 g/mol. The molecule has 0 fully saturated rings. The van der Waals surface area contributed by atoms with Crippen LogP contribution in [0.15, 0.2) is 0 Å². The molecule has 0 heterocycles. The van der Waals surface area contributed by atoms with Crippen molar-refractivity contribution in [3.8, 4) is 0 Å². The predicted octanol–water partition coefficient (Wildman–Crippen LogP) is -0.732. The van der Waals surface area contributed by atoms with Crippen molar-refractivity contribution >= 4 is 23.6 Å². The fourth-order valence-corrected chi connectivity index (χ4v) is 1.26. The highest BCUT2D eigenvalue weighted by molar-refractivity contribution is 7.99. The van der Waals surface area contributed by atoms with Gasteiger partial charge in [-0.05, 0) is 5.75 Å². The molecule has 0 aliphatic heterocycles. The Hall–Kier alpha value is -0.750. The van der Waals surface area contributed by atoms with Gasteiger partial charge in [0.05, 0.1) is 6.04 Å². The van der Waals surface area contributed by atoms with Gasteiger partial charge in [-0.25, -0.2) is 0 Å². The number of carbonyl (C=O) groups is 2. The van der Waals surface area contributed by atoms with Crippen LogP contribution in [0.25, 0.3) is 0 Å². The highest BCUT2D eigenvalue weighted by Gasteiger charge is 2.13. The molecule has 0 aliphatic carbocycles. The van der Waals surface area contributed by atoms with E-state index in [0.717, 1.165) is 5.75 Å². The largest absolute Gasteiger partial charge is 0.480 e. The Kier molecular flexibility index (Phi) is 6.34. The monoisotopic (exact) mass is 206 g/mol. The van der Waals surface area contributed by atoms with E-state index in [1.165, 1.54) is 0 Å². The minimum Gasteiger partial charge on any atom is -0.480 e. The van der Waals surface area contributed by atoms with E-state index in [4.69, 9.17) is 10.8 Å². The molecule has 13 heavy (non-hydrogen) atoms. The lowest BCUT2D eigenvalue weighted by Crippen LogP contribution is -2.44. The number of carboxylic acids is 1. The van der Waals surface area contributed by atoms with Gasteiger partial charge >= 0.3 is 5.97 Å². The molecule has 1 amide bonds. The van der Waals surface area contributed by atoms with Gasteiger partial charge in [0, 0.05) is 5.75 Å². The maximum atomic E-state index is 11.0. The number of carbonyl (C=O) groups excluding carboxylic acids is 1. The molecule has 0 saturated heterocycles. The van der Waals surface area contributed by atoms with Crippen LogP contribution in [0.5, 0.6) is 0 Å². The minimum atomic E-state index is -1.07. The Balaban J connectivity index is 3.63. The van der Waals surface area contributed by atoms with Gasteiger partial charge in [-0.2, -0.15) is 11.8 Å². The maximum Gasteiger partial charge on any atom is 0.322 e. The number of thioether (sulfide) groups is 1. The highest BCUT2D eigenvalue weighted by Crippen LogP contribution is 1.99. The van der Waals surface area contributed by atoms with Gasteiger partial charge in [0.25, 0.3) is 0 Å². The molecule has 0 bridgehead atoms. The molecule has 0 rings (SSSR count). The van der Waals surface area contributed by atoms with Crippen molar-refractivity contribution in [2.45, 2.75) is 13.0 Å². The van der Waals surface area contributed by atoms with Crippen molar-refractivity contribution in [3.63, 3.8) is 0 Å². The first-order valence-corrected chi connectivity index (χ1v) is 5.06. The lowest BCUT2D eigenvalue weighted by atomic mass is 10.3. The topological polar surface area (TPSA) is 92.4 Å². The quantitative estimate of drug-likeness (QED) is 0.532. The standard InChI is InChI=1S/C7H14N2O3S/c1-2-13-4-5(8)7(12)9-3-6(10)11/h5H,2-4,8H2,1H3,(H,9,12)(H,10,11)/t5-/m0/s1. The number of nitrogens with one attached hydrogen (secondary N) is 1. The van der Waals surface area contributed by atoms with E-state index in [1.807, 2.05) is 6.92 Å². The lowest BCUT2D eigenvalue weighted by molar-refractivity contribution is -0.138. The van der Waals surface area contributed by atoms with Crippen molar-refractivity contribution in [2.24, 2.45) is 5.73 Å². The van der Waals surface area contributed by atoms with Crippen molar-refractivity contribution in [1.82, 2.24) is 5.32 Å². The number of amides is 1. The van der Waals surface area contributed by atoms with Crippen LogP contribution in [0.4, 0.5) is 0 Å². The number of rotatable bonds is 6. The molecule has 0 aliphatic rings. The molecule has 0 spiro atoms. The van der Waals surface area contributed by atoms with Gasteiger partial charge < -0.3 is 16.2 Å². The van der Waals surface area contributed by atoms with Crippen LogP contribution < -0.4 is 11.1 Å². The number of carboxylic acid groups (broad SMARTS) is 1. The third-order valence-corrected chi connectivity index (χ3v) is 2.26. The van der Waals surface area contributed by atoms with E-state index < -0.39 is 17.9 Å². The minimum absolute atomic E-state index is 0.372. The number of hydrogen-bond donors (Lipinski definition) is 3. The summed E-state index contributed by atoms with van der Waals surface area (Å²) >= 11 is 1.55. The van der Waals surface area contributed by atoms with Gasteiger partial charge in [-0.3, -0.25) is 9.59 Å². The Labute approximate surface area is 81.1 Å². The van der Waals surface area contributed by atoms with Gasteiger partial charge in [0.15, 0.2) is 0 Å². The summed E-state index contributed by atoms with van der Waals surface area (Å²) in [6.07, 6.45) is 0. The second-order valence-corrected chi connectivity index (χ2v) is 3.70. The number of aliphatic carboxylic acids is 1. The highest BCUT2D eigenvalue weighted by atomic mass is 32.2. The summed E-state index contributed by atoms with van der Waals surface area (Å²) in [5, 5.41) is 10.5. The van der Waals surface area contributed by atoms with E-state index in [2.05, 4.69) is 5.32 Å². The van der Waals surface area contributed by atoms with Gasteiger partial charge in [-0.15, -0.1) is 0 Å². The van der Waals surface area contributed by atoms with Crippen molar-refractivity contribution in [1.29, 1.82) is 0 Å². The first-order valence-electron chi connectivity index (χ1n) is 3.90. The molecule has 0 aromatic rings. The van der Waals surface area contributed by atoms with Gasteiger partial charge in [-0.1, -0.05) is 6.92 Å². The summed E-state index contributed by atoms with van der Waals surface area (Å²) in [6.45, 7) is 1.59. The number of nitrogens with two attached hydrogens (primary N) is 1. The molecule has 76 valence electrons. The molecule has 0 aromatic carbocycles. The zero-order chi connectivity index (χ0) is 10.3. The van der Waals surface area contributed by atoms with Crippen molar-refractivity contribution in [2.75, 3.05) is 18.1 Å². The summed E-state index contributed by atoms with van der Waals surface area (Å²) in [5.74, 6) is -0.0750. The molecule has 0 radical (unpaired) electrons. The van der Waals surface area contributed by atoms with E-state index in [9.17, 15) is 9.59 Å².